The van der Waals surface area contributed by atoms with Gasteiger partial charge >= 0.3 is 0 Å². The number of piperazine rings is 1. The predicted molar refractivity (Wildman–Crippen MR) is 114 cm³/mol. The van der Waals surface area contributed by atoms with E-state index in [0.29, 0.717) is 24.6 Å². The topological polar surface area (TPSA) is 68.1 Å². The van der Waals surface area contributed by atoms with Gasteiger partial charge in [-0.05, 0) is 40.6 Å². The van der Waals surface area contributed by atoms with E-state index in [2.05, 4.69) is 6.07 Å². The highest BCUT2D eigenvalue weighted by Gasteiger charge is 2.37. The van der Waals surface area contributed by atoms with Crippen molar-refractivity contribution >= 4 is 32.6 Å². The molecule has 2 saturated heterocycles. The number of sulfone groups is 1. The quantitative estimate of drug-likeness (QED) is 0.750. The van der Waals surface area contributed by atoms with Gasteiger partial charge in [0.15, 0.2) is 9.84 Å². The van der Waals surface area contributed by atoms with E-state index in [0.717, 1.165) is 41.6 Å². The minimum atomic E-state index is -2.85. The smallest absolute Gasteiger partial charge is 0.246 e. The van der Waals surface area contributed by atoms with Gasteiger partial charge in [0.05, 0.1) is 39.0 Å². The molecule has 6 nitrogen and oxygen atoms in total. The van der Waals surface area contributed by atoms with Crippen LogP contribution in [-0.2, 0) is 14.6 Å². The molecule has 0 unspecified atom stereocenters. The Morgan fingerprint density at radius 2 is 1.86 bits per heavy atom. The molecule has 0 aromatic heterocycles. The highest BCUT2D eigenvalue weighted by atomic mass is 32.2. The van der Waals surface area contributed by atoms with E-state index >= 15 is 0 Å². The molecule has 2 aromatic carbocycles. The van der Waals surface area contributed by atoms with E-state index in [1.54, 1.807) is 13.2 Å². The van der Waals surface area contributed by atoms with Crippen LogP contribution in [0.25, 0.3) is 16.8 Å². The summed E-state index contributed by atoms with van der Waals surface area (Å²) in [6.07, 6.45) is 4.24. The maximum atomic E-state index is 12.6. The number of rotatable bonds is 4. The van der Waals surface area contributed by atoms with Gasteiger partial charge in [0.2, 0.25) is 5.91 Å². The van der Waals surface area contributed by atoms with Crippen molar-refractivity contribution in [2.75, 3.05) is 44.8 Å². The molecule has 0 spiro atoms. The zero-order valence-corrected chi connectivity index (χ0v) is 17.5. The zero-order valence-electron chi connectivity index (χ0n) is 16.6. The number of amides is 1. The van der Waals surface area contributed by atoms with Crippen LogP contribution in [0.1, 0.15) is 12.0 Å². The van der Waals surface area contributed by atoms with Gasteiger partial charge in [-0.25, -0.2) is 8.42 Å². The first-order valence-electron chi connectivity index (χ1n) is 10.0. The number of ether oxygens (including phenoxy) is 1. The predicted octanol–water partition coefficient (Wildman–Crippen LogP) is 0.776. The van der Waals surface area contributed by atoms with E-state index in [1.807, 2.05) is 41.3 Å². The molecule has 4 rings (SSSR count). The number of hydrogen-bond donors (Lipinski definition) is 1. The van der Waals surface area contributed by atoms with Gasteiger partial charge in [-0.2, -0.15) is 0 Å². The number of quaternary nitrogens is 1. The Kier molecular flexibility index (Phi) is 5.61. The number of carbonyl (C=O) groups excluding carboxylic acids is 1. The van der Waals surface area contributed by atoms with Gasteiger partial charge in [-0.15, -0.1) is 0 Å². The number of benzene rings is 2. The molecule has 7 heteroatoms. The SMILES string of the molecule is COc1ccc2cc(/C=C/C(=O)N3CC[NH+]([C@H]4CCS(=O)(=O)C4)CC3)ccc2c1. The van der Waals surface area contributed by atoms with Crippen molar-refractivity contribution in [3.63, 3.8) is 0 Å². The zero-order chi connectivity index (χ0) is 20.4. The Morgan fingerprint density at radius 3 is 2.55 bits per heavy atom. The molecular formula is C22H27N2O4S+. The standard InChI is InChI=1S/C22H26N2O4S/c1-28-21-6-5-18-14-17(2-4-19(18)15-21)3-7-22(25)24-11-9-23(10-12-24)20-8-13-29(26,27)16-20/h2-7,14-15,20H,8-13,16H2,1H3/p+1/b7-3+/t20-/m0/s1. The van der Waals surface area contributed by atoms with Gasteiger partial charge in [0.25, 0.3) is 0 Å². The van der Waals surface area contributed by atoms with Crippen LogP contribution in [0, 0.1) is 0 Å². The third kappa shape index (κ3) is 4.62. The Balaban J connectivity index is 1.35. The van der Waals surface area contributed by atoms with Crippen LogP contribution >= 0.6 is 0 Å². The van der Waals surface area contributed by atoms with Crippen LogP contribution in [0.3, 0.4) is 0 Å². The molecule has 0 aliphatic carbocycles. The lowest BCUT2D eigenvalue weighted by atomic mass is 10.1. The van der Waals surface area contributed by atoms with Crippen molar-refractivity contribution in [1.29, 1.82) is 0 Å². The normalized spacial score (nSPS) is 22.4. The Morgan fingerprint density at radius 1 is 1.14 bits per heavy atom. The minimum absolute atomic E-state index is 0.0120. The van der Waals surface area contributed by atoms with Crippen molar-refractivity contribution in [3.05, 3.63) is 48.0 Å². The summed E-state index contributed by atoms with van der Waals surface area (Å²) in [7, 11) is -1.20. The molecule has 0 saturated carbocycles. The van der Waals surface area contributed by atoms with Crippen molar-refractivity contribution < 1.29 is 22.8 Å². The molecule has 2 aromatic rings. The van der Waals surface area contributed by atoms with E-state index in [4.69, 9.17) is 4.74 Å². The summed E-state index contributed by atoms with van der Waals surface area (Å²) in [4.78, 5) is 15.7. The summed E-state index contributed by atoms with van der Waals surface area (Å²) < 4.78 is 28.6. The van der Waals surface area contributed by atoms with E-state index < -0.39 is 9.84 Å². The van der Waals surface area contributed by atoms with Crippen LogP contribution in [0.15, 0.2) is 42.5 Å². The lowest BCUT2D eigenvalue weighted by molar-refractivity contribution is -0.925. The maximum absolute atomic E-state index is 12.6. The Hall–Kier alpha value is -2.38. The fourth-order valence-electron chi connectivity index (χ4n) is 4.29. The molecule has 2 fully saturated rings. The molecule has 0 radical (unpaired) electrons. The highest BCUT2D eigenvalue weighted by molar-refractivity contribution is 7.91. The van der Waals surface area contributed by atoms with E-state index in [9.17, 15) is 13.2 Å². The summed E-state index contributed by atoms with van der Waals surface area (Å²) >= 11 is 0. The lowest BCUT2D eigenvalue weighted by Gasteiger charge is -2.34. The highest BCUT2D eigenvalue weighted by Crippen LogP contribution is 2.22. The molecule has 1 amide bonds. The molecule has 0 bridgehead atoms. The molecule has 2 aliphatic rings. The second-order valence-electron chi connectivity index (χ2n) is 7.89. The third-order valence-corrected chi connectivity index (χ3v) is 7.78. The van der Waals surface area contributed by atoms with Crippen LogP contribution in [0.4, 0.5) is 0 Å². The van der Waals surface area contributed by atoms with E-state index in [-0.39, 0.29) is 11.9 Å². The number of hydrogen-bond acceptors (Lipinski definition) is 4. The van der Waals surface area contributed by atoms with Gasteiger partial charge < -0.3 is 14.5 Å². The second kappa shape index (κ2) is 8.16. The summed E-state index contributed by atoms with van der Waals surface area (Å²) in [5.74, 6) is 1.44. The molecule has 1 atom stereocenters. The van der Waals surface area contributed by atoms with Crippen LogP contribution in [0.5, 0.6) is 5.75 Å². The summed E-state index contributed by atoms with van der Waals surface area (Å²) in [6.45, 7) is 2.98. The summed E-state index contributed by atoms with van der Waals surface area (Å²) in [6, 6.07) is 12.2. The van der Waals surface area contributed by atoms with Crippen LogP contribution in [0.2, 0.25) is 0 Å². The van der Waals surface area contributed by atoms with Gasteiger partial charge in [-0.1, -0.05) is 18.2 Å². The molecule has 1 N–H and O–H groups in total. The summed E-state index contributed by atoms with van der Waals surface area (Å²) in [5.41, 5.74) is 0.983. The minimum Gasteiger partial charge on any atom is -0.497 e. The third-order valence-electron chi connectivity index (χ3n) is 6.02. The molecular weight excluding hydrogens is 388 g/mol. The fourth-order valence-corrected chi connectivity index (χ4v) is 6.11. The monoisotopic (exact) mass is 415 g/mol. The molecule has 2 heterocycles. The number of carbonyl (C=O) groups is 1. The van der Waals surface area contributed by atoms with Gasteiger partial charge in [0.1, 0.15) is 17.5 Å². The Labute approximate surface area is 171 Å². The maximum Gasteiger partial charge on any atom is 0.246 e. The fraction of sp³-hybridized carbons (Fsp3) is 0.409. The number of nitrogens with zero attached hydrogens (tertiary/aromatic N) is 1. The first-order valence-corrected chi connectivity index (χ1v) is 11.9. The first kappa shape index (κ1) is 19.9. The average molecular weight is 416 g/mol. The van der Waals surface area contributed by atoms with Crippen molar-refractivity contribution in [2.24, 2.45) is 0 Å². The van der Waals surface area contributed by atoms with Crippen LogP contribution in [-0.4, -0.2) is 70.1 Å². The van der Waals surface area contributed by atoms with Gasteiger partial charge in [0, 0.05) is 12.5 Å². The number of methoxy groups -OCH3 is 1. The second-order valence-corrected chi connectivity index (χ2v) is 10.1. The molecule has 29 heavy (non-hydrogen) atoms. The van der Waals surface area contributed by atoms with Crippen molar-refractivity contribution in [3.8, 4) is 5.75 Å². The van der Waals surface area contributed by atoms with E-state index in [1.165, 1.54) is 4.90 Å². The largest absolute Gasteiger partial charge is 0.497 e. The van der Waals surface area contributed by atoms with Crippen LogP contribution < -0.4 is 9.64 Å². The Bertz CT molecular complexity index is 1040. The average Bonchev–Trinajstić information content (AvgIpc) is 3.11. The molecule has 2 aliphatic heterocycles. The van der Waals surface area contributed by atoms with Crippen molar-refractivity contribution in [1.82, 2.24) is 4.90 Å². The summed E-state index contributed by atoms with van der Waals surface area (Å²) in [5, 5.41) is 2.20. The molecule has 154 valence electrons. The van der Waals surface area contributed by atoms with Crippen molar-refractivity contribution in [2.45, 2.75) is 12.5 Å². The number of nitrogens with one attached hydrogen (secondary N) is 1. The lowest BCUT2D eigenvalue weighted by Crippen LogP contribution is -3.18. The van der Waals surface area contributed by atoms with Gasteiger partial charge in [-0.3, -0.25) is 4.79 Å². The number of fused-ring (bicyclic) bond motifs is 1. The first-order chi connectivity index (χ1) is 13.9.